The summed E-state index contributed by atoms with van der Waals surface area (Å²) in [5, 5.41) is 11.3. The number of esters is 1. The number of benzene rings is 1. The Kier molecular flexibility index (Phi) is 4.26. The van der Waals surface area contributed by atoms with E-state index in [1.54, 1.807) is 0 Å². The molecule has 16 heavy (non-hydrogen) atoms. The minimum Gasteiger partial charge on any atom is -0.465 e. The first-order valence-electron chi connectivity index (χ1n) is 4.12. The lowest BCUT2D eigenvalue weighted by molar-refractivity contribution is -0.385. The summed E-state index contributed by atoms with van der Waals surface area (Å²) in [4.78, 5) is 21.6. The largest absolute Gasteiger partial charge is 0.465 e. The number of rotatable bonds is 3. The number of alkyl halides is 1. The number of carbonyl (C=O) groups excluding carboxylic acids is 1. The van der Waals surface area contributed by atoms with E-state index >= 15 is 0 Å². The van der Waals surface area contributed by atoms with Gasteiger partial charge in [0.2, 0.25) is 0 Å². The summed E-state index contributed by atoms with van der Waals surface area (Å²) in [5.41, 5.74) is -0.00590. The lowest BCUT2D eigenvalue weighted by atomic mass is 10.1. The lowest BCUT2D eigenvalue weighted by Crippen LogP contribution is -2.09. The molecule has 0 radical (unpaired) electrons. The van der Waals surface area contributed by atoms with Crippen molar-refractivity contribution >= 4 is 39.2 Å². The van der Waals surface area contributed by atoms with Gasteiger partial charge in [0, 0.05) is 16.4 Å². The van der Waals surface area contributed by atoms with Crippen LogP contribution in [0.15, 0.2) is 12.1 Å². The Morgan fingerprint density at radius 3 is 2.69 bits per heavy atom. The minimum atomic E-state index is -0.752. The summed E-state index contributed by atoms with van der Waals surface area (Å²) in [7, 11) is 1.17. The third kappa shape index (κ3) is 2.51. The quantitative estimate of drug-likeness (QED) is 0.372. The Bertz CT molecular complexity index is 449. The highest BCUT2D eigenvalue weighted by Crippen LogP contribution is 2.29. The zero-order chi connectivity index (χ0) is 12.3. The van der Waals surface area contributed by atoms with Gasteiger partial charge in [-0.25, -0.2) is 4.79 Å². The number of methoxy groups -OCH3 is 1. The summed E-state index contributed by atoms with van der Waals surface area (Å²) in [5.74, 6) is -0.752. The summed E-state index contributed by atoms with van der Waals surface area (Å²) >= 11 is 8.85. The highest BCUT2D eigenvalue weighted by Gasteiger charge is 2.25. The highest BCUT2D eigenvalue weighted by atomic mass is 79.9. The normalized spacial score (nSPS) is 9.94. The monoisotopic (exact) mass is 307 g/mol. The average molecular weight is 309 g/mol. The highest BCUT2D eigenvalue weighted by molar-refractivity contribution is 9.08. The van der Waals surface area contributed by atoms with Crippen LogP contribution in [-0.4, -0.2) is 18.0 Å². The van der Waals surface area contributed by atoms with Crippen molar-refractivity contribution in [2.75, 3.05) is 7.11 Å². The molecule has 0 N–H and O–H groups in total. The Hall–Kier alpha value is -1.14. The number of nitro benzene ring substituents is 1. The second kappa shape index (κ2) is 5.27. The summed E-state index contributed by atoms with van der Waals surface area (Å²) < 4.78 is 4.50. The van der Waals surface area contributed by atoms with Crippen LogP contribution in [0.25, 0.3) is 0 Å². The predicted molar refractivity (Wildman–Crippen MR) is 62.1 cm³/mol. The number of nitrogens with zero attached hydrogens (tertiary/aromatic N) is 1. The van der Waals surface area contributed by atoms with Crippen molar-refractivity contribution in [2.45, 2.75) is 5.33 Å². The third-order valence-electron chi connectivity index (χ3n) is 1.89. The average Bonchev–Trinajstić information content (AvgIpc) is 2.26. The van der Waals surface area contributed by atoms with E-state index in [0.717, 1.165) is 6.07 Å². The van der Waals surface area contributed by atoms with Crippen molar-refractivity contribution in [1.82, 2.24) is 0 Å². The van der Waals surface area contributed by atoms with Crippen LogP contribution in [0.3, 0.4) is 0 Å². The zero-order valence-corrected chi connectivity index (χ0v) is 10.5. The van der Waals surface area contributed by atoms with E-state index in [0.29, 0.717) is 5.56 Å². The first-order chi connectivity index (χ1) is 7.51. The molecule has 1 aromatic rings. The Balaban J connectivity index is 3.51. The Labute approximate surface area is 105 Å². The molecule has 0 aliphatic rings. The molecule has 0 spiro atoms. The number of hydrogen-bond acceptors (Lipinski definition) is 4. The number of hydrogen-bond donors (Lipinski definition) is 0. The summed E-state index contributed by atoms with van der Waals surface area (Å²) in [6.07, 6.45) is 0. The van der Waals surface area contributed by atoms with E-state index in [1.807, 2.05) is 0 Å². The molecule has 0 fully saturated rings. The van der Waals surface area contributed by atoms with Gasteiger partial charge in [0.25, 0.3) is 5.69 Å². The molecular weight excluding hydrogens is 301 g/mol. The van der Waals surface area contributed by atoms with Gasteiger partial charge in [-0.2, -0.15) is 0 Å². The van der Waals surface area contributed by atoms with Crippen LogP contribution in [0.4, 0.5) is 5.69 Å². The van der Waals surface area contributed by atoms with E-state index in [2.05, 4.69) is 20.7 Å². The van der Waals surface area contributed by atoms with Gasteiger partial charge in [-0.1, -0.05) is 27.5 Å². The Morgan fingerprint density at radius 1 is 1.62 bits per heavy atom. The van der Waals surface area contributed by atoms with Crippen LogP contribution in [0.5, 0.6) is 0 Å². The van der Waals surface area contributed by atoms with Crippen LogP contribution < -0.4 is 0 Å². The fourth-order valence-corrected chi connectivity index (χ4v) is 1.91. The van der Waals surface area contributed by atoms with Crippen LogP contribution in [-0.2, 0) is 10.1 Å². The maximum absolute atomic E-state index is 11.4. The SMILES string of the molecule is COC(=O)c1c(CBr)cc(Cl)cc1[N+](=O)[O-]. The van der Waals surface area contributed by atoms with Gasteiger partial charge in [-0.15, -0.1) is 0 Å². The molecule has 86 valence electrons. The van der Waals surface area contributed by atoms with Crippen molar-refractivity contribution in [3.05, 3.63) is 38.4 Å². The molecule has 0 heterocycles. The molecule has 7 heteroatoms. The molecule has 0 unspecified atom stereocenters. The van der Waals surface area contributed by atoms with Crippen molar-refractivity contribution in [2.24, 2.45) is 0 Å². The fourth-order valence-electron chi connectivity index (χ4n) is 1.23. The smallest absolute Gasteiger partial charge is 0.345 e. The van der Waals surface area contributed by atoms with Crippen LogP contribution >= 0.6 is 27.5 Å². The van der Waals surface area contributed by atoms with E-state index in [-0.39, 0.29) is 21.6 Å². The molecule has 0 bridgehead atoms. The van der Waals surface area contributed by atoms with Gasteiger partial charge in [-0.3, -0.25) is 10.1 Å². The molecule has 0 amide bonds. The van der Waals surface area contributed by atoms with Crippen LogP contribution in [0, 0.1) is 10.1 Å². The molecule has 0 saturated carbocycles. The lowest BCUT2D eigenvalue weighted by Gasteiger charge is -2.06. The second-order valence-corrected chi connectivity index (χ2v) is 3.84. The van der Waals surface area contributed by atoms with E-state index in [1.165, 1.54) is 13.2 Å². The van der Waals surface area contributed by atoms with Crippen LogP contribution in [0.1, 0.15) is 15.9 Å². The van der Waals surface area contributed by atoms with E-state index in [4.69, 9.17) is 11.6 Å². The fraction of sp³-hybridized carbons (Fsp3) is 0.222. The van der Waals surface area contributed by atoms with E-state index < -0.39 is 10.9 Å². The molecule has 1 rings (SSSR count). The number of carbonyl (C=O) groups is 1. The molecule has 0 aliphatic carbocycles. The molecule has 1 aromatic carbocycles. The van der Waals surface area contributed by atoms with Crippen molar-refractivity contribution in [1.29, 1.82) is 0 Å². The maximum atomic E-state index is 11.4. The van der Waals surface area contributed by atoms with Gasteiger partial charge in [0.05, 0.1) is 12.0 Å². The van der Waals surface area contributed by atoms with Gasteiger partial charge in [0.1, 0.15) is 5.56 Å². The maximum Gasteiger partial charge on any atom is 0.345 e. The molecule has 0 saturated heterocycles. The molecule has 0 aliphatic heterocycles. The molecular formula is C9H7BrClNO4. The topological polar surface area (TPSA) is 69.4 Å². The number of halogens is 2. The molecule has 0 atom stereocenters. The second-order valence-electron chi connectivity index (χ2n) is 2.84. The molecule has 5 nitrogen and oxygen atoms in total. The Morgan fingerprint density at radius 2 is 2.25 bits per heavy atom. The number of nitro groups is 1. The van der Waals surface area contributed by atoms with E-state index in [9.17, 15) is 14.9 Å². The standard InChI is InChI=1S/C9H7BrClNO4/c1-16-9(13)8-5(4-10)2-6(11)3-7(8)12(14)15/h2-3H,4H2,1H3. The van der Waals surface area contributed by atoms with Gasteiger partial charge in [0.15, 0.2) is 0 Å². The first kappa shape index (κ1) is 12.9. The van der Waals surface area contributed by atoms with Crippen LogP contribution in [0.2, 0.25) is 5.02 Å². The third-order valence-corrected chi connectivity index (χ3v) is 2.72. The first-order valence-corrected chi connectivity index (χ1v) is 5.62. The number of ether oxygens (including phenoxy) is 1. The zero-order valence-electron chi connectivity index (χ0n) is 8.20. The predicted octanol–water partition coefficient (Wildman–Crippen LogP) is 2.93. The van der Waals surface area contributed by atoms with Crippen molar-refractivity contribution < 1.29 is 14.5 Å². The van der Waals surface area contributed by atoms with Gasteiger partial charge in [-0.05, 0) is 11.6 Å². The summed E-state index contributed by atoms with van der Waals surface area (Å²) in [6, 6.07) is 2.61. The van der Waals surface area contributed by atoms with Crippen molar-refractivity contribution in [3.8, 4) is 0 Å². The van der Waals surface area contributed by atoms with Gasteiger partial charge < -0.3 is 4.74 Å². The van der Waals surface area contributed by atoms with Crippen molar-refractivity contribution in [3.63, 3.8) is 0 Å². The summed E-state index contributed by atoms with van der Waals surface area (Å²) in [6.45, 7) is 0. The molecule has 0 aromatic heterocycles. The minimum absolute atomic E-state index is 0.0752. The van der Waals surface area contributed by atoms with Gasteiger partial charge >= 0.3 is 5.97 Å².